The lowest BCUT2D eigenvalue weighted by Crippen LogP contribution is -2.45. The normalized spacial score (nSPS) is 15.3. The number of alkyl halides is 3. The van der Waals surface area contributed by atoms with Crippen LogP contribution in [0, 0.1) is 6.92 Å². The highest BCUT2D eigenvalue weighted by atomic mass is 19.4. The average Bonchev–Trinajstić information content (AvgIpc) is 2.73. The smallest absolute Gasteiger partial charge is 0.356 e. The number of anilines is 1. The van der Waals surface area contributed by atoms with E-state index in [1.165, 1.54) is 6.92 Å². The Bertz CT molecular complexity index is 1190. The first-order chi connectivity index (χ1) is 14.7. The molecular weight excluding hydrogens is 413 g/mol. The Labute approximate surface area is 174 Å². The summed E-state index contributed by atoms with van der Waals surface area (Å²) >= 11 is 0. The molecule has 8 nitrogen and oxygen atoms in total. The minimum Gasteiger partial charge on any atom is -0.356 e. The summed E-state index contributed by atoms with van der Waals surface area (Å²) in [5.41, 5.74) is -1.22. The Kier molecular flexibility index (Phi) is 5.34. The van der Waals surface area contributed by atoms with Crippen LogP contribution in [-0.4, -0.2) is 45.2 Å². The van der Waals surface area contributed by atoms with Crippen LogP contribution in [0.25, 0.3) is 10.8 Å². The number of benzene rings is 1. The molecule has 1 saturated heterocycles. The number of fused-ring (bicyclic) bond motifs is 1. The number of H-pyrrole nitrogens is 1. The van der Waals surface area contributed by atoms with Gasteiger partial charge in [0, 0.05) is 30.6 Å². The molecule has 1 fully saturated rings. The number of aryl methyl sites for hydroxylation is 1. The molecule has 0 bridgehead atoms. The van der Waals surface area contributed by atoms with Gasteiger partial charge in [-0.15, -0.1) is 0 Å². The lowest BCUT2D eigenvalue weighted by atomic mass is 10.0. The Morgan fingerprint density at radius 1 is 1.16 bits per heavy atom. The number of piperidine rings is 1. The second-order valence-corrected chi connectivity index (χ2v) is 7.34. The third kappa shape index (κ3) is 4.35. The zero-order valence-electron chi connectivity index (χ0n) is 16.5. The Balaban J connectivity index is 1.45. The number of nitrogens with zero attached hydrogens (tertiary/aromatic N) is 4. The van der Waals surface area contributed by atoms with Gasteiger partial charge in [0.25, 0.3) is 11.5 Å². The molecule has 162 valence electrons. The van der Waals surface area contributed by atoms with E-state index in [4.69, 9.17) is 0 Å². The average molecular weight is 432 g/mol. The predicted molar refractivity (Wildman–Crippen MR) is 107 cm³/mol. The van der Waals surface area contributed by atoms with Gasteiger partial charge in [-0.3, -0.25) is 9.59 Å². The van der Waals surface area contributed by atoms with E-state index >= 15 is 0 Å². The van der Waals surface area contributed by atoms with Crippen LogP contribution in [0.2, 0.25) is 0 Å². The van der Waals surface area contributed by atoms with E-state index in [-0.39, 0.29) is 28.9 Å². The number of aromatic amines is 1. The van der Waals surface area contributed by atoms with E-state index in [1.54, 1.807) is 29.2 Å². The molecule has 1 amide bonds. The van der Waals surface area contributed by atoms with Crippen molar-refractivity contribution >= 4 is 22.5 Å². The lowest BCUT2D eigenvalue weighted by molar-refractivity contribution is -0.141. The fraction of sp³-hybridized carbons (Fsp3) is 0.350. The summed E-state index contributed by atoms with van der Waals surface area (Å²) in [7, 11) is 0. The van der Waals surface area contributed by atoms with Crippen molar-refractivity contribution in [3.05, 3.63) is 57.9 Å². The molecule has 2 N–H and O–H groups in total. The minimum atomic E-state index is -4.54. The van der Waals surface area contributed by atoms with Crippen LogP contribution in [0.5, 0.6) is 0 Å². The van der Waals surface area contributed by atoms with Crippen LogP contribution in [0.15, 0.2) is 35.1 Å². The third-order valence-corrected chi connectivity index (χ3v) is 5.18. The molecule has 3 aromatic rings. The van der Waals surface area contributed by atoms with Gasteiger partial charge in [0.05, 0.1) is 5.39 Å². The van der Waals surface area contributed by atoms with E-state index in [0.29, 0.717) is 36.7 Å². The van der Waals surface area contributed by atoms with Crippen molar-refractivity contribution in [2.75, 3.05) is 18.0 Å². The van der Waals surface area contributed by atoms with Gasteiger partial charge < -0.3 is 10.2 Å². The molecule has 2 aromatic heterocycles. The standard InChI is InChI=1S/C20H19F3N6O2/c1-11-24-15(20(21,22)23)10-16(25-11)29-8-6-12(7-9-29)26-19(31)17-13-4-2-3-5-14(13)18(30)28-27-17/h2-5,10,12H,6-9H2,1H3,(H,26,31)(H,28,30). The van der Waals surface area contributed by atoms with Gasteiger partial charge in [0.15, 0.2) is 5.69 Å². The van der Waals surface area contributed by atoms with Gasteiger partial charge in [-0.25, -0.2) is 15.1 Å². The molecular formula is C20H19F3N6O2. The topological polar surface area (TPSA) is 104 Å². The summed E-state index contributed by atoms with van der Waals surface area (Å²) < 4.78 is 39.1. The largest absolute Gasteiger partial charge is 0.433 e. The molecule has 3 heterocycles. The maximum Gasteiger partial charge on any atom is 0.433 e. The van der Waals surface area contributed by atoms with Crippen LogP contribution < -0.4 is 15.8 Å². The SMILES string of the molecule is Cc1nc(N2CCC(NC(=O)c3n[nH]c(=O)c4ccccc34)CC2)cc(C(F)(F)F)n1. The monoisotopic (exact) mass is 432 g/mol. The first-order valence-electron chi connectivity index (χ1n) is 9.68. The number of aromatic nitrogens is 4. The molecule has 0 aliphatic carbocycles. The molecule has 0 spiro atoms. The number of hydrogen-bond donors (Lipinski definition) is 2. The van der Waals surface area contributed by atoms with Crippen molar-refractivity contribution in [2.45, 2.75) is 32.0 Å². The first-order valence-corrected chi connectivity index (χ1v) is 9.68. The van der Waals surface area contributed by atoms with E-state index in [1.807, 2.05) is 0 Å². The minimum absolute atomic E-state index is 0.0521. The fourth-order valence-corrected chi connectivity index (χ4v) is 3.65. The van der Waals surface area contributed by atoms with E-state index in [9.17, 15) is 22.8 Å². The summed E-state index contributed by atoms with van der Waals surface area (Å²) in [6, 6.07) is 7.46. The Morgan fingerprint density at radius 2 is 1.84 bits per heavy atom. The number of rotatable bonds is 3. The first kappa shape index (κ1) is 20.8. The van der Waals surface area contributed by atoms with E-state index in [0.717, 1.165) is 6.07 Å². The van der Waals surface area contributed by atoms with Crippen LogP contribution >= 0.6 is 0 Å². The van der Waals surface area contributed by atoms with Gasteiger partial charge in [-0.2, -0.15) is 18.3 Å². The van der Waals surface area contributed by atoms with Gasteiger partial charge in [0.2, 0.25) is 0 Å². The van der Waals surface area contributed by atoms with Gasteiger partial charge in [-0.05, 0) is 25.8 Å². The number of carbonyl (C=O) groups is 1. The molecule has 31 heavy (non-hydrogen) atoms. The van der Waals surface area contributed by atoms with Gasteiger partial charge in [0.1, 0.15) is 17.3 Å². The third-order valence-electron chi connectivity index (χ3n) is 5.18. The zero-order chi connectivity index (χ0) is 22.2. The zero-order valence-corrected chi connectivity index (χ0v) is 16.5. The molecule has 1 aliphatic rings. The van der Waals surface area contributed by atoms with Crippen LogP contribution in [0.1, 0.15) is 34.8 Å². The van der Waals surface area contributed by atoms with Crippen LogP contribution in [-0.2, 0) is 6.18 Å². The van der Waals surface area contributed by atoms with E-state index < -0.39 is 17.8 Å². The van der Waals surface area contributed by atoms with Gasteiger partial charge in [-0.1, -0.05) is 18.2 Å². The molecule has 0 atom stereocenters. The quantitative estimate of drug-likeness (QED) is 0.659. The second kappa shape index (κ2) is 7.97. The van der Waals surface area contributed by atoms with Crippen molar-refractivity contribution in [1.82, 2.24) is 25.5 Å². The molecule has 0 saturated carbocycles. The second-order valence-electron chi connectivity index (χ2n) is 7.34. The Hall–Kier alpha value is -3.50. The van der Waals surface area contributed by atoms with Crippen molar-refractivity contribution in [3.8, 4) is 0 Å². The van der Waals surface area contributed by atoms with Gasteiger partial charge >= 0.3 is 6.18 Å². The van der Waals surface area contributed by atoms with E-state index in [2.05, 4.69) is 25.5 Å². The highest BCUT2D eigenvalue weighted by Crippen LogP contribution is 2.30. The fourth-order valence-electron chi connectivity index (χ4n) is 3.65. The van der Waals surface area contributed by atoms with Crippen molar-refractivity contribution < 1.29 is 18.0 Å². The summed E-state index contributed by atoms with van der Waals surface area (Å²) in [6.07, 6.45) is -3.49. The molecule has 1 aromatic carbocycles. The maximum atomic E-state index is 13.0. The van der Waals surface area contributed by atoms with Crippen molar-refractivity contribution in [1.29, 1.82) is 0 Å². The highest BCUT2D eigenvalue weighted by molar-refractivity contribution is 6.04. The summed E-state index contributed by atoms with van der Waals surface area (Å²) in [6.45, 7) is 2.28. The summed E-state index contributed by atoms with van der Waals surface area (Å²) in [5, 5.41) is 9.96. The predicted octanol–water partition coefficient (Wildman–Crippen LogP) is 2.44. The Morgan fingerprint density at radius 3 is 2.52 bits per heavy atom. The highest BCUT2D eigenvalue weighted by Gasteiger charge is 2.34. The summed E-state index contributed by atoms with van der Waals surface area (Å²) in [4.78, 5) is 34.0. The number of carbonyl (C=O) groups excluding carboxylic acids is 1. The van der Waals surface area contributed by atoms with Crippen molar-refractivity contribution in [2.24, 2.45) is 0 Å². The maximum absolute atomic E-state index is 13.0. The lowest BCUT2D eigenvalue weighted by Gasteiger charge is -2.33. The number of nitrogens with one attached hydrogen (secondary N) is 2. The summed E-state index contributed by atoms with van der Waals surface area (Å²) in [5.74, 6) is -0.141. The molecule has 0 radical (unpaired) electrons. The van der Waals surface area contributed by atoms with Crippen LogP contribution in [0.3, 0.4) is 0 Å². The molecule has 4 rings (SSSR count). The number of hydrogen-bond acceptors (Lipinski definition) is 6. The molecule has 1 aliphatic heterocycles. The van der Waals surface area contributed by atoms with Crippen LogP contribution in [0.4, 0.5) is 19.0 Å². The molecule has 11 heteroatoms. The number of halogens is 3. The molecule has 0 unspecified atom stereocenters. The number of amides is 1. The van der Waals surface area contributed by atoms with Crippen molar-refractivity contribution in [3.63, 3.8) is 0 Å².